The summed E-state index contributed by atoms with van der Waals surface area (Å²) < 4.78 is 31.3. The fraction of sp³-hybridized carbons (Fsp3) is 0.714. The van der Waals surface area contributed by atoms with Crippen molar-refractivity contribution in [2.24, 2.45) is 0 Å². The molecule has 3 rings (SSSR count). The Morgan fingerprint density at radius 1 is 1.32 bits per heavy atom. The number of piperidine rings is 1. The molecule has 0 aliphatic carbocycles. The second-order valence-electron chi connectivity index (χ2n) is 6.33. The van der Waals surface area contributed by atoms with Crippen molar-refractivity contribution >= 4 is 16.0 Å². The summed E-state index contributed by atoms with van der Waals surface area (Å²) in [6, 6.07) is -0.114. The topological polar surface area (TPSA) is 84.4 Å². The van der Waals surface area contributed by atoms with Crippen LogP contribution >= 0.6 is 0 Å². The molecule has 2 saturated heterocycles. The minimum atomic E-state index is -3.18. The second-order valence-corrected chi connectivity index (χ2v) is 8.11. The van der Waals surface area contributed by atoms with Crippen LogP contribution in [0.5, 0.6) is 0 Å². The summed E-state index contributed by atoms with van der Waals surface area (Å²) in [5, 5.41) is 0. The lowest BCUT2D eigenvalue weighted by atomic mass is 9.88. The minimum Gasteiger partial charge on any atom is -0.373 e. The molecule has 1 aromatic rings. The van der Waals surface area contributed by atoms with E-state index >= 15 is 0 Å². The number of anilines is 1. The molecular formula is C14H22N4O3S. The smallest absolute Gasteiger partial charge is 0.225 e. The number of ether oxygens (including phenoxy) is 1. The maximum Gasteiger partial charge on any atom is 0.225 e. The molecule has 2 aliphatic heterocycles. The number of nitrogens with one attached hydrogen (secondary N) is 1. The molecule has 22 heavy (non-hydrogen) atoms. The lowest BCUT2D eigenvalue weighted by Gasteiger charge is -2.38. The highest BCUT2D eigenvalue weighted by molar-refractivity contribution is 7.88. The third kappa shape index (κ3) is 3.56. The lowest BCUT2D eigenvalue weighted by molar-refractivity contribution is -0.0150. The van der Waals surface area contributed by atoms with Gasteiger partial charge in [-0.05, 0) is 31.7 Å². The van der Waals surface area contributed by atoms with E-state index in [0.29, 0.717) is 6.61 Å². The van der Waals surface area contributed by atoms with Gasteiger partial charge in [-0.1, -0.05) is 0 Å². The fourth-order valence-electron chi connectivity index (χ4n) is 3.23. The van der Waals surface area contributed by atoms with Crippen LogP contribution in [0.15, 0.2) is 12.4 Å². The van der Waals surface area contributed by atoms with Gasteiger partial charge in [-0.25, -0.2) is 23.1 Å². The van der Waals surface area contributed by atoms with Crippen molar-refractivity contribution in [3.05, 3.63) is 18.0 Å². The fourth-order valence-corrected chi connectivity index (χ4v) is 3.99. The van der Waals surface area contributed by atoms with Crippen LogP contribution in [0.4, 0.5) is 5.95 Å². The summed E-state index contributed by atoms with van der Waals surface area (Å²) in [6.45, 7) is 4.08. The van der Waals surface area contributed by atoms with Crippen LogP contribution < -0.4 is 9.62 Å². The highest BCUT2D eigenvalue weighted by Crippen LogP contribution is 2.36. The van der Waals surface area contributed by atoms with Gasteiger partial charge in [-0.15, -0.1) is 0 Å². The van der Waals surface area contributed by atoms with Crippen molar-refractivity contribution in [3.63, 3.8) is 0 Å². The van der Waals surface area contributed by atoms with Gasteiger partial charge in [0.15, 0.2) is 0 Å². The lowest BCUT2D eigenvalue weighted by Crippen LogP contribution is -2.45. The zero-order chi connectivity index (χ0) is 15.8. The maximum atomic E-state index is 11.3. The molecule has 0 radical (unpaired) electrons. The van der Waals surface area contributed by atoms with E-state index in [-0.39, 0.29) is 11.6 Å². The zero-order valence-corrected chi connectivity index (χ0v) is 13.8. The number of rotatable bonds is 3. The molecule has 1 aromatic heterocycles. The Kier molecular flexibility index (Phi) is 4.09. The summed E-state index contributed by atoms with van der Waals surface area (Å²) in [4.78, 5) is 10.9. The monoisotopic (exact) mass is 326 g/mol. The Hall–Kier alpha value is -1.25. The van der Waals surface area contributed by atoms with E-state index in [1.807, 2.05) is 19.3 Å². The third-order valence-corrected chi connectivity index (χ3v) is 5.08. The van der Waals surface area contributed by atoms with Crippen LogP contribution in [-0.2, 0) is 14.8 Å². The van der Waals surface area contributed by atoms with Gasteiger partial charge >= 0.3 is 0 Å². The summed E-state index contributed by atoms with van der Waals surface area (Å²) in [5.74, 6) is 0.754. The summed E-state index contributed by atoms with van der Waals surface area (Å²) in [7, 11) is -3.18. The molecule has 1 N–H and O–H groups in total. The van der Waals surface area contributed by atoms with Crippen LogP contribution in [-0.4, -0.2) is 56.0 Å². The molecule has 1 atom stereocenters. The molecule has 0 saturated carbocycles. The molecule has 0 unspecified atom stereocenters. The van der Waals surface area contributed by atoms with Gasteiger partial charge in [-0.2, -0.15) is 0 Å². The van der Waals surface area contributed by atoms with Crippen LogP contribution in [0.1, 0.15) is 24.8 Å². The number of sulfonamides is 1. The van der Waals surface area contributed by atoms with Crippen molar-refractivity contribution in [1.82, 2.24) is 14.7 Å². The van der Waals surface area contributed by atoms with Crippen LogP contribution in [0.2, 0.25) is 0 Å². The summed E-state index contributed by atoms with van der Waals surface area (Å²) in [6.07, 6.45) is 7.31. The normalized spacial score (nSPS) is 24.8. The van der Waals surface area contributed by atoms with Crippen molar-refractivity contribution in [1.29, 1.82) is 0 Å². The predicted octanol–water partition coefficient (Wildman–Crippen LogP) is 0.462. The maximum absolute atomic E-state index is 11.3. The zero-order valence-electron chi connectivity index (χ0n) is 12.9. The average Bonchev–Trinajstić information content (AvgIpc) is 2.81. The van der Waals surface area contributed by atoms with Gasteiger partial charge in [0.1, 0.15) is 0 Å². The van der Waals surface area contributed by atoms with Gasteiger partial charge in [0.2, 0.25) is 16.0 Å². The molecule has 0 aromatic carbocycles. The summed E-state index contributed by atoms with van der Waals surface area (Å²) >= 11 is 0. The second kappa shape index (κ2) is 5.75. The first kappa shape index (κ1) is 15.6. The Morgan fingerprint density at radius 3 is 2.55 bits per heavy atom. The molecule has 8 heteroatoms. The van der Waals surface area contributed by atoms with Crippen molar-refractivity contribution in [2.75, 3.05) is 30.9 Å². The molecule has 7 nitrogen and oxygen atoms in total. The van der Waals surface area contributed by atoms with E-state index in [4.69, 9.17) is 4.74 Å². The Balaban J connectivity index is 1.59. The van der Waals surface area contributed by atoms with Crippen LogP contribution in [0.3, 0.4) is 0 Å². The standard InChI is InChI=1S/C14H22N4O3S/c1-11-8-15-13(16-9-11)18-5-3-14(4-6-18)7-12(10-21-14)17-22(2,19)20/h8-9,12,17H,3-7,10H2,1-2H3/t12-/m1/s1. The highest BCUT2D eigenvalue weighted by Gasteiger charge is 2.43. The van der Waals surface area contributed by atoms with E-state index < -0.39 is 10.0 Å². The minimum absolute atomic E-state index is 0.114. The number of hydrogen-bond acceptors (Lipinski definition) is 6. The molecule has 1 spiro atoms. The number of aryl methyl sites for hydroxylation is 1. The van der Waals surface area contributed by atoms with Gasteiger partial charge in [0.25, 0.3) is 0 Å². The largest absolute Gasteiger partial charge is 0.373 e. The molecule has 0 amide bonds. The van der Waals surface area contributed by atoms with Crippen LogP contribution in [0.25, 0.3) is 0 Å². The first-order valence-corrected chi connectivity index (χ1v) is 9.39. The van der Waals surface area contributed by atoms with E-state index in [0.717, 1.165) is 43.9 Å². The van der Waals surface area contributed by atoms with Gasteiger partial charge in [0, 0.05) is 31.5 Å². The summed E-state index contributed by atoms with van der Waals surface area (Å²) in [5.41, 5.74) is 0.842. The molecule has 2 fully saturated rings. The average molecular weight is 326 g/mol. The first-order valence-electron chi connectivity index (χ1n) is 7.50. The predicted molar refractivity (Wildman–Crippen MR) is 83.3 cm³/mol. The Labute approximate surface area is 131 Å². The van der Waals surface area contributed by atoms with Crippen LogP contribution in [0, 0.1) is 6.92 Å². The first-order chi connectivity index (χ1) is 10.4. The van der Waals surface area contributed by atoms with E-state index in [1.165, 1.54) is 6.26 Å². The van der Waals surface area contributed by atoms with Gasteiger partial charge in [0.05, 0.1) is 18.5 Å². The highest BCUT2D eigenvalue weighted by atomic mass is 32.2. The van der Waals surface area contributed by atoms with E-state index in [2.05, 4.69) is 19.6 Å². The SMILES string of the molecule is Cc1cnc(N2CCC3(CC2)C[C@@H](NS(C)(=O)=O)CO3)nc1. The molecule has 2 aliphatic rings. The van der Waals surface area contributed by atoms with Crippen molar-refractivity contribution in [2.45, 2.75) is 37.8 Å². The van der Waals surface area contributed by atoms with Gasteiger partial charge < -0.3 is 9.64 Å². The molecule has 3 heterocycles. The van der Waals surface area contributed by atoms with Crippen molar-refractivity contribution < 1.29 is 13.2 Å². The molecule has 122 valence electrons. The number of nitrogens with zero attached hydrogens (tertiary/aromatic N) is 3. The van der Waals surface area contributed by atoms with E-state index in [1.54, 1.807) is 0 Å². The Morgan fingerprint density at radius 2 is 1.95 bits per heavy atom. The van der Waals surface area contributed by atoms with Gasteiger partial charge in [-0.3, -0.25) is 0 Å². The quantitative estimate of drug-likeness (QED) is 0.869. The number of aromatic nitrogens is 2. The van der Waals surface area contributed by atoms with Crippen molar-refractivity contribution in [3.8, 4) is 0 Å². The third-order valence-electron chi connectivity index (χ3n) is 4.31. The van der Waals surface area contributed by atoms with E-state index in [9.17, 15) is 8.42 Å². The molecular weight excluding hydrogens is 304 g/mol. The molecule has 0 bridgehead atoms. The Bertz CT molecular complexity index is 624. The number of hydrogen-bond donors (Lipinski definition) is 1.